The Morgan fingerprint density at radius 1 is 1.11 bits per heavy atom. The molecule has 5 heteroatoms. The second-order valence-electron chi connectivity index (χ2n) is 9.64. The number of carbonyl (C=O) groups is 1. The van der Waals surface area contributed by atoms with Gasteiger partial charge in [0.05, 0.1) is 0 Å². The molecule has 2 atom stereocenters. The number of hydrogen-bond acceptors (Lipinski definition) is 2. The van der Waals surface area contributed by atoms with Crippen LogP contribution in [0.3, 0.4) is 0 Å². The van der Waals surface area contributed by atoms with Crippen LogP contribution in [0, 0.1) is 17.3 Å². The van der Waals surface area contributed by atoms with Crippen molar-refractivity contribution >= 4 is 39.1 Å². The fourth-order valence-electron chi connectivity index (χ4n) is 6.86. The number of benzene rings is 1. The number of halogens is 2. The molecule has 3 nitrogen and oxygen atoms in total. The van der Waals surface area contributed by atoms with E-state index in [1.54, 1.807) is 0 Å². The summed E-state index contributed by atoms with van der Waals surface area (Å²) in [4.78, 5) is 17.6. The predicted octanol–water partition coefficient (Wildman–Crippen LogP) is 5.11. The molecule has 1 amide bonds. The maximum atomic E-state index is 13.2. The summed E-state index contributed by atoms with van der Waals surface area (Å²) in [5, 5.41) is 0.775. The SMILES string of the molecule is O=C(CC12CC3CC(CC(Br)(C3)C1)C2)N1CCN(c2cccc(Cl)c2)CC1. The zero-order valence-electron chi connectivity index (χ0n) is 15.8. The molecule has 1 heterocycles. The molecule has 0 radical (unpaired) electrons. The summed E-state index contributed by atoms with van der Waals surface area (Å²) in [7, 11) is 0. The normalized spacial score (nSPS) is 37.7. The van der Waals surface area contributed by atoms with E-state index in [2.05, 4.69) is 31.8 Å². The van der Waals surface area contributed by atoms with Gasteiger partial charge in [-0.25, -0.2) is 0 Å². The molecule has 0 N–H and O–H groups in total. The van der Waals surface area contributed by atoms with Crippen LogP contribution in [0.4, 0.5) is 5.69 Å². The number of carbonyl (C=O) groups excluding carboxylic acids is 1. The number of amides is 1. The number of rotatable bonds is 3. The van der Waals surface area contributed by atoms with Gasteiger partial charge in [-0.05, 0) is 74.0 Å². The van der Waals surface area contributed by atoms with Crippen LogP contribution < -0.4 is 4.90 Å². The molecule has 0 spiro atoms. The molecule has 1 aromatic carbocycles. The van der Waals surface area contributed by atoms with Crippen LogP contribution in [-0.2, 0) is 4.79 Å². The highest BCUT2D eigenvalue weighted by molar-refractivity contribution is 9.10. The van der Waals surface area contributed by atoms with Crippen LogP contribution in [-0.4, -0.2) is 41.3 Å². The van der Waals surface area contributed by atoms with Gasteiger partial charge >= 0.3 is 0 Å². The van der Waals surface area contributed by atoms with Crippen LogP contribution in [0.1, 0.15) is 44.9 Å². The summed E-state index contributed by atoms with van der Waals surface area (Å²) in [6, 6.07) is 8.03. The molecule has 5 fully saturated rings. The van der Waals surface area contributed by atoms with E-state index in [0.29, 0.717) is 10.2 Å². The van der Waals surface area contributed by atoms with Gasteiger partial charge in [0.15, 0.2) is 0 Å². The van der Waals surface area contributed by atoms with Gasteiger partial charge < -0.3 is 9.80 Å². The van der Waals surface area contributed by atoms with E-state index in [4.69, 9.17) is 11.6 Å². The fraction of sp³-hybridized carbons (Fsp3) is 0.682. The Bertz CT molecular complexity index is 732. The summed E-state index contributed by atoms with van der Waals surface area (Å²) in [5.74, 6) is 2.08. The summed E-state index contributed by atoms with van der Waals surface area (Å²) >= 11 is 10.2. The zero-order chi connectivity index (χ0) is 18.6. The summed E-state index contributed by atoms with van der Waals surface area (Å²) < 4.78 is 0.336. The van der Waals surface area contributed by atoms with Gasteiger partial charge in [-0.3, -0.25) is 4.79 Å². The van der Waals surface area contributed by atoms with Gasteiger partial charge in [0.1, 0.15) is 0 Å². The fourth-order valence-corrected chi connectivity index (χ4v) is 8.56. The van der Waals surface area contributed by atoms with Gasteiger partial charge in [0.25, 0.3) is 0 Å². The molecule has 1 aliphatic heterocycles. The summed E-state index contributed by atoms with van der Waals surface area (Å²) in [6.07, 6.45) is 8.61. The molecule has 6 rings (SSSR count). The van der Waals surface area contributed by atoms with E-state index in [0.717, 1.165) is 55.1 Å². The van der Waals surface area contributed by atoms with E-state index < -0.39 is 0 Å². The molecule has 4 bridgehead atoms. The first-order chi connectivity index (χ1) is 12.9. The second kappa shape index (κ2) is 6.66. The Labute approximate surface area is 175 Å². The van der Waals surface area contributed by atoms with E-state index in [9.17, 15) is 4.79 Å². The highest BCUT2D eigenvalue weighted by atomic mass is 79.9. The Morgan fingerprint density at radius 3 is 2.44 bits per heavy atom. The van der Waals surface area contributed by atoms with Crippen molar-refractivity contribution in [3.8, 4) is 0 Å². The third-order valence-corrected chi connectivity index (χ3v) is 8.61. The topological polar surface area (TPSA) is 23.6 Å². The average Bonchev–Trinajstić information content (AvgIpc) is 2.59. The first-order valence-electron chi connectivity index (χ1n) is 10.4. The van der Waals surface area contributed by atoms with Crippen molar-refractivity contribution in [3.63, 3.8) is 0 Å². The first kappa shape index (κ1) is 18.3. The molecule has 1 saturated heterocycles. The maximum absolute atomic E-state index is 13.2. The molecule has 4 saturated carbocycles. The van der Waals surface area contributed by atoms with Gasteiger partial charge in [0.2, 0.25) is 5.91 Å². The monoisotopic (exact) mass is 450 g/mol. The van der Waals surface area contributed by atoms with E-state index in [1.807, 2.05) is 18.2 Å². The molecule has 146 valence electrons. The second-order valence-corrected chi connectivity index (χ2v) is 11.8. The van der Waals surface area contributed by atoms with E-state index in [-0.39, 0.29) is 5.41 Å². The molecule has 0 aromatic heterocycles. The third-order valence-electron chi connectivity index (χ3n) is 7.44. The number of alkyl halides is 1. The molecule has 5 aliphatic rings. The van der Waals surface area contributed by atoms with Crippen molar-refractivity contribution in [2.45, 2.75) is 49.3 Å². The zero-order valence-corrected chi connectivity index (χ0v) is 18.1. The number of hydrogen-bond donors (Lipinski definition) is 0. The average molecular weight is 452 g/mol. The number of anilines is 1. The van der Waals surface area contributed by atoms with Gasteiger partial charge in [-0.2, -0.15) is 0 Å². The van der Waals surface area contributed by atoms with Gasteiger partial charge in [-0.15, -0.1) is 0 Å². The lowest BCUT2D eigenvalue weighted by molar-refractivity contribution is -0.138. The molecule has 27 heavy (non-hydrogen) atoms. The predicted molar refractivity (Wildman–Crippen MR) is 114 cm³/mol. The molecular formula is C22H28BrClN2O. The Balaban J connectivity index is 1.22. The van der Waals surface area contributed by atoms with Crippen molar-refractivity contribution in [1.82, 2.24) is 4.90 Å². The van der Waals surface area contributed by atoms with Crippen molar-refractivity contribution in [1.29, 1.82) is 0 Å². The lowest BCUT2D eigenvalue weighted by Crippen LogP contribution is -2.55. The van der Waals surface area contributed by atoms with Crippen LogP contribution in [0.5, 0.6) is 0 Å². The standard InChI is InChI=1S/C22H28BrClN2O/c23-22-12-16-8-17(13-22)11-21(10-16,15-22)14-20(27)26-6-4-25(5-7-26)19-3-1-2-18(24)9-19/h1-3,9,16-17H,4-8,10-15H2. The van der Waals surface area contributed by atoms with Gasteiger partial charge in [-0.1, -0.05) is 33.6 Å². The molecule has 2 unspecified atom stereocenters. The lowest BCUT2D eigenvalue weighted by atomic mass is 9.48. The molecule has 1 aromatic rings. The van der Waals surface area contributed by atoms with Crippen LogP contribution in [0.2, 0.25) is 5.02 Å². The maximum Gasteiger partial charge on any atom is 0.223 e. The van der Waals surface area contributed by atoms with E-state index >= 15 is 0 Å². The number of nitrogens with zero attached hydrogens (tertiary/aromatic N) is 2. The Morgan fingerprint density at radius 2 is 1.81 bits per heavy atom. The highest BCUT2D eigenvalue weighted by Crippen LogP contribution is 2.65. The van der Waals surface area contributed by atoms with Crippen LogP contribution >= 0.6 is 27.5 Å². The quantitative estimate of drug-likeness (QED) is 0.596. The minimum Gasteiger partial charge on any atom is -0.368 e. The number of piperazine rings is 1. The van der Waals surface area contributed by atoms with Crippen LogP contribution in [0.15, 0.2) is 24.3 Å². The summed E-state index contributed by atoms with van der Waals surface area (Å²) in [5.41, 5.74) is 1.44. The Hall–Kier alpha value is -0.740. The molecule has 4 aliphatic carbocycles. The largest absolute Gasteiger partial charge is 0.368 e. The molecular weight excluding hydrogens is 424 g/mol. The van der Waals surface area contributed by atoms with Crippen molar-refractivity contribution in [3.05, 3.63) is 29.3 Å². The van der Waals surface area contributed by atoms with Crippen LogP contribution in [0.25, 0.3) is 0 Å². The Kier molecular flexibility index (Phi) is 4.51. The van der Waals surface area contributed by atoms with Crippen molar-refractivity contribution < 1.29 is 4.79 Å². The first-order valence-corrected chi connectivity index (χ1v) is 11.6. The summed E-state index contributed by atoms with van der Waals surface area (Å²) in [6.45, 7) is 3.45. The lowest BCUT2D eigenvalue weighted by Gasteiger charge is -2.60. The third kappa shape index (κ3) is 3.53. The van der Waals surface area contributed by atoms with Crippen molar-refractivity contribution in [2.24, 2.45) is 17.3 Å². The van der Waals surface area contributed by atoms with Crippen molar-refractivity contribution in [2.75, 3.05) is 31.1 Å². The minimum atomic E-state index is 0.273. The minimum absolute atomic E-state index is 0.273. The smallest absolute Gasteiger partial charge is 0.223 e. The highest BCUT2D eigenvalue weighted by Gasteiger charge is 2.57. The van der Waals surface area contributed by atoms with Gasteiger partial charge in [0, 0.05) is 47.6 Å². The van der Waals surface area contributed by atoms with E-state index in [1.165, 1.54) is 38.5 Å².